The van der Waals surface area contributed by atoms with Crippen molar-refractivity contribution in [2.24, 2.45) is 11.8 Å². The first-order valence-electron chi connectivity index (χ1n) is 16.2. The quantitative estimate of drug-likeness (QED) is 0.0713. The Kier molecular flexibility index (Phi) is 14.7. The Balaban J connectivity index is 0.000000363. The van der Waals surface area contributed by atoms with E-state index >= 15 is 0 Å². The molecule has 0 aliphatic rings. The van der Waals surface area contributed by atoms with Gasteiger partial charge in [-0.05, 0) is 60.0 Å². The number of carbonyl (C=O) groups is 1. The van der Waals surface area contributed by atoms with Crippen LogP contribution in [0.2, 0.25) is 19.6 Å². The largest absolute Gasteiger partial charge is 0.512 e. The summed E-state index contributed by atoms with van der Waals surface area (Å²) in [5, 5.41) is 14.7. The van der Waals surface area contributed by atoms with E-state index < -0.39 is 8.07 Å². The first kappa shape index (κ1) is 37.6. The molecule has 0 aliphatic carbocycles. The van der Waals surface area contributed by atoms with E-state index in [1.54, 1.807) is 0 Å². The van der Waals surface area contributed by atoms with Crippen molar-refractivity contribution in [1.82, 2.24) is 4.98 Å². The number of carbonyl (C=O) groups excluding carboxylic acids is 1. The van der Waals surface area contributed by atoms with Gasteiger partial charge in [0.05, 0.1) is 5.76 Å². The van der Waals surface area contributed by atoms with Crippen LogP contribution in [0.15, 0.2) is 72.6 Å². The van der Waals surface area contributed by atoms with Crippen LogP contribution in [0.3, 0.4) is 0 Å². The van der Waals surface area contributed by atoms with E-state index in [0.29, 0.717) is 5.92 Å². The zero-order valence-electron chi connectivity index (χ0n) is 28.3. The minimum absolute atomic E-state index is 0. The van der Waals surface area contributed by atoms with Crippen LogP contribution in [-0.2, 0) is 30.9 Å². The molecule has 0 amide bonds. The van der Waals surface area contributed by atoms with Gasteiger partial charge in [0.15, 0.2) is 5.78 Å². The van der Waals surface area contributed by atoms with Crippen LogP contribution in [0.25, 0.3) is 32.8 Å². The fourth-order valence-electron chi connectivity index (χ4n) is 5.70. The number of allylic oxidation sites excluding steroid dienone is 2. The zero-order chi connectivity index (χ0) is 31.7. The van der Waals surface area contributed by atoms with Gasteiger partial charge in [0.2, 0.25) is 0 Å². The first-order valence-corrected chi connectivity index (χ1v) is 19.9. The molecule has 3 aromatic carbocycles. The summed E-state index contributed by atoms with van der Waals surface area (Å²) in [6.07, 6.45) is 6.84. The molecule has 1 aromatic heterocycles. The van der Waals surface area contributed by atoms with Crippen molar-refractivity contribution < 1.29 is 30.0 Å². The standard InChI is InChI=1S/C26H28NSi.C13H24O2.Ir/c1-18(2)19-10-11-25-21(14-19)12-13-27-26(25)22-15-20-8-6-7-9-24(20)23(16-22)17-28(3,4)5;1-5-10(6-2)12(14)9-13(15)11(7-3)8-4;/h6-14,16,18H,17H2,1-5H3;9-11,14H,5-8H2,1-4H3;/q-1;;/b;12-9-;. The molecule has 0 fully saturated rings. The number of ketones is 1. The number of aliphatic hydroxyl groups excluding tert-OH is 1. The molecular formula is C39H52IrNO2Si-. The van der Waals surface area contributed by atoms with E-state index in [4.69, 9.17) is 4.98 Å². The molecular weight excluding hydrogens is 735 g/mol. The van der Waals surface area contributed by atoms with E-state index in [1.807, 2.05) is 33.9 Å². The smallest absolute Gasteiger partial charge is 0.162 e. The number of hydrogen-bond acceptors (Lipinski definition) is 3. The third-order valence-electron chi connectivity index (χ3n) is 8.37. The number of pyridine rings is 1. The second-order valence-electron chi connectivity index (χ2n) is 13.3. The van der Waals surface area contributed by atoms with Gasteiger partial charge in [-0.2, -0.15) is 0 Å². The van der Waals surface area contributed by atoms with E-state index in [-0.39, 0.29) is 43.5 Å². The average molecular weight is 787 g/mol. The maximum absolute atomic E-state index is 11.7. The zero-order valence-corrected chi connectivity index (χ0v) is 31.6. The summed E-state index contributed by atoms with van der Waals surface area (Å²) >= 11 is 0. The SMILES string of the molecule is CC(C)c1ccc2c(-c3[c-]c4ccccc4c(C[Si](C)(C)C)c3)nccc2c1.CCC(CC)C(=O)/C=C(\O)C(CC)CC.[Ir]. The number of fused-ring (bicyclic) bond motifs is 2. The molecule has 4 rings (SSSR count). The Labute approximate surface area is 281 Å². The molecule has 1 radical (unpaired) electrons. The van der Waals surface area contributed by atoms with Gasteiger partial charge in [0, 0.05) is 58.0 Å². The molecule has 3 nitrogen and oxygen atoms in total. The van der Waals surface area contributed by atoms with Gasteiger partial charge < -0.3 is 5.11 Å². The van der Waals surface area contributed by atoms with Crippen LogP contribution in [0.4, 0.5) is 0 Å². The van der Waals surface area contributed by atoms with Crippen molar-refractivity contribution in [3.63, 3.8) is 0 Å². The normalized spacial score (nSPS) is 12.0. The number of aliphatic hydroxyl groups is 1. The predicted octanol–water partition coefficient (Wildman–Crippen LogP) is 11.3. The van der Waals surface area contributed by atoms with Crippen LogP contribution in [0.1, 0.15) is 84.3 Å². The summed E-state index contributed by atoms with van der Waals surface area (Å²) in [6, 6.07) is 24.7. The van der Waals surface area contributed by atoms with Gasteiger partial charge in [0.25, 0.3) is 0 Å². The van der Waals surface area contributed by atoms with Crippen molar-refractivity contribution in [3.05, 3.63) is 89.8 Å². The fourth-order valence-corrected chi connectivity index (χ4v) is 7.14. The summed E-state index contributed by atoms with van der Waals surface area (Å²) in [4.78, 5) is 16.5. The van der Waals surface area contributed by atoms with Crippen molar-refractivity contribution in [2.45, 2.75) is 98.8 Å². The molecule has 0 saturated heterocycles. The van der Waals surface area contributed by atoms with Crippen LogP contribution >= 0.6 is 0 Å². The molecule has 5 heteroatoms. The number of nitrogens with zero attached hydrogens (tertiary/aromatic N) is 1. The third-order valence-corrected chi connectivity index (χ3v) is 9.82. The molecule has 0 bridgehead atoms. The summed E-state index contributed by atoms with van der Waals surface area (Å²) in [5.74, 6) is 1.07. The number of hydrogen-bond donors (Lipinski definition) is 1. The topological polar surface area (TPSA) is 50.2 Å². The van der Waals surface area contributed by atoms with Gasteiger partial charge in [-0.25, -0.2) is 0 Å². The summed E-state index contributed by atoms with van der Waals surface area (Å²) < 4.78 is 0. The molecule has 1 heterocycles. The molecule has 4 aromatic rings. The molecule has 0 atom stereocenters. The van der Waals surface area contributed by atoms with Crippen LogP contribution in [0.5, 0.6) is 0 Å². The van der Waals surface area contributed by atoms with Crippen molar-refractivity contribution >= 4 is 35.4 Å². The van der Waals surface area contributed by atoms with E-state index in [2.05, 4.69) is 94.2 Å². The first-order chi connectivity index (χ1) is 20.4. The van der Waals surface area contributed by atoms with Gasteiger partial charge in [-0.3, -0.25) is 9.78 Å². The van der Waals surface area contributed by atoms with Gasteiger partial charge in [0.1, 0.15) is 0 Å². The molecule has 0 aliphatic heterocycles. The number of benzene rings is 3. The molecule has 0 unspecified atom stereocenters. The monoisotopic (exact) mass is 787 g/mol. The summed E-state index contributed by atoms with van der Waals surface area (Å²) in [6.45, 7) is 19.8. The summed E-state index contributed by atoms with van der Waals surface area (Å²) in [7, 11) is -1.25. The van der Waals surface area contributed by atoms with Crippen molar-refractivity contribution in [3.8, 4) is 11.3 Å². The third kappa shape index (κ3) is 9.96. The Morgan fingerprint density at radius 2 is 1.52 bits per heavy atom. The summed E-state index contributed by atoms with van der Waals surface area (Å²) in [5.41, 5.74) is 4.94. The molecule has 0 saturated carbocycles. The van der Waals surface area contributed by atoms with Crippen LogP contribution in [-0.4, -0.2) is 23.9 Å². The second kappa shape index (κ2) is 17.2. The molecule has 0 spiro atoms. The maximum Gasteiger partial charge on any atom is 0.162 e. The molecule has 239 valence electrons. The van der Waals surface area contributed by atoms with Crippen LogP contribution < -0.4 is 0 Å². The minimum Gasteiger partial charge on any atom is -0.512 e. The van der Waals surface area contributed by atoms with Gasteiger partial charge in [-0.15, -0.1) is 29.1 Å². The Morgan fingerprint density at radius 3 is 2.11 bits per heavy atom. The number of rotatable bonds is 11. The van der Waals surface area contributed by atoms with Crippen molar-refractivity contribution in [2.75, 3.05) is 0 Å². The van der Waals surface area contributed by atoms with E-state index in [0.717, 1.165) is 43.0 Å². The average Bonchev–Trinajstić information content (AvgIpc) is 2.97. The van der Waals surface area contributed by atoms with Gasteiger partial charge in [-0.1, -0.05) is 109 Å². The maximum atomic E-state index is 11.7. The van der Waals surface area contributed by atoms with E-state index in [9.17, 15) is 9.90 Å². The van der Waals surface area contributed by atoms with E-state index in [1.165, 1.54) is 38.7 Å². The fraction of sp³-hybridized carbons (Fsp3) is 0.436. The Hall–Kier alpha value is -2.59. The Morgan fingerprint density at radius 1 is 0.886 bits per heavy atom. The molecule has 44 heavy (non-hydrogen) atoms. The van der Waals surface area contributed by atoms with Crippen molar-refractivity contribution in [1.29, 1.82) is 0 Å². The number of aromatic nitrogens is 1. The molecule has 1 N–H and O–H groups in total. The Bertz CT molecular complexity index is 1550. The van der Waals surface area contributed by atoms with Gasteiger partial charge >= 0.3 is 0 Å². The minimum atomic E-state index is -1.25. The predicted molar refractivity (Wildman–Crippen MR) is 189 cm³/mol. The van der Waals surface area contributed by atoms with Crippen LogP contribution in [0, 0.1) is 17.9 Å². The second-order valence-corrected chi connectivity index (χ2v) is 18.8.